The zero-order valence-electron chi connectivity index (χ0n) is 13.4. The van der Waals surface area contributed by atoms with Crippen LogP contribution in [-0.2, 0) is 0 Å². The van der Waals surface area contributed by atoms with Crippen molar-refractivity contribution in [3.8, 4) is 11.5 Å². The Labute approximate surface area is 128 Å². The van der Waals surface area contributed by atoms with Crippen molar-refractivity contribution in [1.82, 2.24) is 10.2 Å². The average Bonchev–Trinajstić information content (AvgIpc) is 3.01. The Bertz CT molecular complexity index is 444. The van der Waals surface area contributed by atoms with Gasteiger partial charge in [0, 0.05) is 30.7 Å². The Balaban J connectivity index is 1.82. The highest BCUT2D eigenvalue weighted by Crippen LogP contribution is 2.28. The van der Waals surface area contributed by atoms with Crippen LogP contribution in [0.2, 0.25) is 0 Å². The van der Waals surface area contributed by atoms with Gasteiger partial charge in [-0.1, -0.05) is 12.8 Å². The van der Waals surface area contributed by atoms with E-state index in [0.29, 0.717) is 5.75 Å². The molecule has 1 atom stereocenters. The van der Waals surface area contributed by atoms with Crippen molar-refractivity contribution in [2.24, 2.45) is 0 Å². The van der Waals surface area contributed by atoms with Crippen LogP contribution in [0.25, 0.3) is 0 Å². The second-order valence-electron chi connectivity index (χ2n) is 6.02. The molecule has 1 unspecified atom stereocenters. The van der Waals surface area contributed by atoms with Gasteiger partial charge < -0.3 is 20.1 Å². The number of nitrogens with one attached hydrogen (secondary N) is 1. The average molecular weight is 292 g/mol. The number of aromatic hydroxyl groups is 1. The van der Waals surface area contributed by atoms with E-state index < -0.39 is 0 Å². The summed E-state index contributed by atoms with van der Waals surface area (Å²) in [6.07, 6.45) is 5.42. The first-order valence-electron chi connectivity index (χ1n) is 7.92. The summed E-state index contributed by atoms with van der Waals surface area (Å²) in [4.78, 5) is 2.46. The van der Waals surface area contributed by atoms with E-state index in [9.17, 15) is 5.11 Å². The van der Waals surface area contributed by atoms with Gasteiger partial charge in [0.25, 0.3) is 0 Å². The van der Waals surface area contributed by atoms with Crippen molar-refractivity contribution in [3.63, 3.8) is 0 Å². The fourth-order valence-electron chi connectivity index (χ4n) is 3.10. The number of nitrogens with zero attached hydrogens (tertiary/aromatic N) is 1. The van der Waals surface area contributed by atoms with Gasteiger partial charge in [-0.05, 0) is 45.0 Å². The van der Waals surface area contributed by atoms with Gasteiger partial charge in [-0.25, -0.2) is 0 Å². The molecule has 0 spiro atoms. The Hall–Kier alpha value is -1.26. The molecule has 0 saturated heterocycles. The third kappa shape index (κ3) is 4.35. The summed E-state index contributed by atoms with van der Waals surface area (Å²) in [5.74, 6) is 1.10. The van der Waals surface area contributed by atoms with E-state index in [1.807, 2.05) is 6.07 Å². The monoisotopic (exact) mass is 292 g/mol. The summed E-state index contributed by atoms with van der Waals surface area (Å²) in [6.45, 7) is 4.04. The molecule has 0 radical (unpaired) electrons. The molecule has 1 fully saturated rings. The highest BCUT2D eigenvalue weighted by molar-refractivity contribution is 5.41. The second-order valence-corrected chi connectivity index (χ2v) is 6.02. The normalized spacial score (nSPS) is 17.3. The first-order chi connectivity index (χ1) is 10.1. The Kier molecular flexibility index (Phi) is 5.88. The molecule has 0 aromatic heterocycles. The Morgan fingerprint density at radius 1 is 1.38 bits per heavy atom. The predicted octanol–water partition coefficient (Wildman–Crippen LogP) is 2.93. The maximum Gasteiger partial charge on any atom is 0.120 e. The largest absolute Gasteiger partial charge is 0.508 e. The summed E-state index contributed by atoms with van der Waals surface area (Å²) in [7, 11) is 3.86. The highest BCUT2D eigenvalue weighted by atomic mass is 16.5. The lowest BCUT2D eigenvalue weighted by Gasteiger charge is -2.25. The summed E-state index contributed by atoms with van der Waals surface area (Å²) in [5, 5.41) is 13.5. The number of methoxy groups -OCH3 is 1. The molecule has 21 heavy (non-hydrogen) atoms. The number of phenolic OH excluding ortho intramolecular Hbond substituents is 1. The molecule has 118 valence electrons. The van der Waals surface area contributed by atoms with Gasteiger partial charge in [-0.15, -0.1) is 0 Å². The fourth-order valence-corrected chi connectivity index (χ4v) is 3.10. The van der Waals surface area contributed by atoms with E-state index in [0.717, 1.165) is 30.4 Å². The number of hydrogen-bond acceptors (Lipinski definition) is 4. The number of likely N-dealkylation sites (N-methyl/N-ethyl adjacent to an activating group) is 1. The first kappa shape index (κ1) is 16.1. The van der Waals surface area contributed by atoms with Gasteiger partial charge in [0.1, 0.15) is 11.5 Å². The molecule has 0 bridgehead atoms. The molecule has 0 aliphatic heterocycles. The van der Waals surface area contributed by atoms with Crippen molar-refractivity contribution < 1.29 is 9.84 Å². The number of phenols is 1. The molecule has 0 heterocycles. The van der Waals surface area contributed by atoms with Crippen molar-refractivity contribution >= 4 is 0 Å². The molecule has 1 aliphatic carbocycles. The van der Waals surface area contributed by atoms with Crippen LogP contribution in [0.15, 0.2) is 18.2 Å². The number of hydrogen-bond donors (Lipinski definition) is 2. The van der Waals surface area contributed by atoms with Gasteiger partial charge in [0.2, 0.25) is 0 Å². The Morgan fingerprint density at radius 3 is 2.76 bits per heavy atom. The van der Waals surface area contributed by atoms with E-state index in [-0.39, 0.29) is 6.04 Å². The van der Waals surface area contributed by atoms with Gasteiger partial charge in [-0.2, -0.15) is 0 Å². The van der Waals surface area contributed by atoms with Crippen LogP contribution >= 0.6 is 0 Å². The minimum Gasteiger partial charge on any atom is -0.508 e. The zero-order valence-corrected chi connectivity index (χ0v) is 13.4. The number of rotatable bonds is 7. The standard InChI is InChI=1S/C17H28N2O2/c1-13(16-12-15(21-3)8-9-17(16)20)18-10-11-19(2)14-6-4-5-7-14/h8-9,12-14,18,20H,4-7,10-11H2,1-3H3. The zero-order chi connectivity index (χ0) is 15.2. The third-order valence-electron chi connectivity index (χ3n) is 4.56. The Morgan fingerprint density at radius 2 is 2.10 bits per heavy atom. The smallest absolute Gasteiger partial charge is 0.120 e. The van der Waals surface area contributed by atoms with Crippen LogP contribution in [0.4, 0.5) is 0 Å². The summed E-state index contributed by atoms with van der Waals surface area (Å²) >= 11 is 0. The molecule has 1 aromatic rings. The van der Waals surface area contributed by atoms with Crippen molar-refractivity contribution in [3.05, 3.63) is 23.8 Å². The van der Waals surface area contributed by atoms with E-state index in [4.69, 9.17) is 4.74 Å². The SMILES string of the molecule is COc1ccc(O)c(C(C)NCCN(C)C2CCCC2)c1. The molecule has 4 heteroatoms. The van der Waals surface area contributed by atoms with Crippen LogP contribution in [0.1, 0.15) is 44.2 Å². The third-order valence-corrected chi connectivity index (χ3v) is 4.56. The topological polar surface area (TPSA) is 44.7 Å². The molecule has 1 saturated carbocycles. The number of benzene rings is 1. The molecule has 2 N–H and O–H groups in total. The van der Waals surface area contributed by atoms with Crippen molar-refractivity contribution in [1.29, 1.82) is 0 Å². The molecule has 4 nitrogen and oxygen atoms in total. The van der Waals surface area contributed by atoms with Gasteiger partial charge >= 0.3 is 0 Å². The minimum absolute atomic E-state index is 0.108. The molecule has 2 rings (SSSR count). The van der Waals surface area contributed by atoms with Gasteiger partial charge in [0.05, 0.1) is 7.11 Å². The quantitative estimate of drug-likeness (QED) is 0.811. The minimum atomic E-state index is 0.108. The van der Waals surface area contributed by atoms with Crippen molar-refractivity contribution in [2.75, 3.05) is 27.2 Å². The number of ether oxygens (including phenoxy) is 1. The lowest BCUT2D eigenvalue weighted by atomic mass is 10.1. The van der Waals surface area contributed by atoms with Crippen LogP contribution in [-0.4, -0.2) is 43.3 Å². The summed E-state index contributed by atoms with van der Waals surface area (Å²) < 4.78 is 5.22. The van der Waals surface area contributed by atoms with Gasteiger partial charge in [-0.3, -0.25) is 0 Å². The molecule has 0 amide bonds. The summed E-state index contributed by atoms with van der Waals surface area (Å²) in [5.41, 5.74) is 0.887. The molecular formula is C17H28N2O2. The van der Waals surface area contributed by atoms with Crippen LogP contribution in [0, 0.1) is 0 Å². The van der Waals surface area contributed by atoms with E-state index in [1.54, 1.807) is 19.2 Å². The molecule has 1 aromatic carbocycles. The predicted molar refractivity (Wildman–Crippen MR) is 86.0 cm³/mol. The van der Waals surface area contributed by atoms with Crippen LogP contribution in [0.5, 0.6) is 11.5 Å². The van der Waals surface area contributed by atoms with E-state index >= 15 is 0 Å². The lowest BCUT2D eigenvalue weighted by Crippen LogP contribution is -2.36. The van der Waals surface area contributed by atoms with Crippen molar-refractivity contribution in [2.45, 2.75) is 44.7 Å². The summed E-state index contributed by atoms with van der Waals surface area (Å²) in [6, 6.07) is 6.23. The van der Waals surface area contributed by atoms with E-state index in [1.165, 1.54) is 25.7 Å². The van der Waals surface area contributed by atoms with Crippen LogP contribution in [0.3, 0.4) is 0 Å². The lowest BCUT2D eigenvalue weighted by molar-refractivity contribution is 0.242. The fraction of sp³-hybridized carbons (Fsp3) is 0.647. The highest BCUT2D eigenvalue weighted by Gasteiger charge is 2.19. The second kappa shape index (κ2) is 7.66. The molecular weight excluding hydrogens is 264 g/mol. The van der Waals surface area contributed by atoms with E-state index in [2.05, 4.69) is 24.2 Å². The van der Waals surface area contributed by atoms with Crippen LogP contribution < -0.4 is 10.1 Å². The molecule has 1 aliphatic rings. The maximum absolute atomic E-state index is 9.98. The first-order valence-corrected chi connectivity index (χ1v) is 7.92. The van der Waals surface area contributed by atoms with Gasteiger partial charge in [0.15, 0.2) is 0 Å². The maximum atomic E-state index is 9.98.